The molecule has 244 valence electrons. The fraction of sp³-hybridized carbons (Fsp3) is 0.297. The monoisotopic (exact) mass is 652 g/mol. The predicted octanol–water partition coefficient (Wildman–Crippen LogP) is 6.38. The summed E-state index contributed by atoms with van der Waals surface area (Å²) in [6.07, 6.45) is 4.01. The minimum atomic E-state index is -3.63. The van der Waals surface area contributed by atoms with E-state index in [1.165, 1.54) is 0 Å². The first kappa shape index (κ1) is 32.4. The summed E-state index contributed by atoms with van der Waals surface area (Å²) in [4.78, 5) is 21.4. The molecule has 6 rings (SSSR count). The molecule has 4 aromatic carbocycles. The van der Waals surface area contributed by atoms with Crippen molar-refractivity contribution in [1.29, 1.82) is 0 Å². The molecule has 2 saturated heterocycles. The lowest BCUT2D eigenvalue weighted by atomic mass is 10.1. The van der Waals surface area contributed by atoms with E-state index in [1.54, 1.807) is 12.1 Å². The van der Waals surface area contributed by atoms with Gasteiger partial charge in [0.1, 0.15) is 5.71 Å². The Bertz CT molecular complexity index is 1730. The molecule has 2 heterocycles. The minimum absolute atomic E-state index is 0.146. The van der Waals surface area contributed by atoms with Gasteiger partial charge in [0.2, 0.25) is 16.3 Å². The zero-order chi connectivity index (χ0) is 32.5. The molecule has 0 radical (unpaired) electrons. The van der Waals surface area contributed by atoms with Gasteiger partial charge >= 0.3 is 0 Å². The fourth-order valence-electron chi connectivity index (χ4n) is 5.82. The summed E-state index contributed by atoms with van der Waals surface area (Å²) >= 11 is 0. The van der Waals surface area contributed by atoms with Crippen LogP contribution < -0.4 is 14.9 Å². The van der Waals surface area contributed by atoms with E-state index in [-0.39, 0.29) is 22.6 Å². The van der Waals surface area contributed by atoms with E-state index in [4.69, 9.17) is 9.57 Å². The highest BCUT2D eigenvalue weighted by atomic mass is 32.2. The van der Waals surface area contributed by atoms with Crippen molar-refractivity contribution in [2.75, 3.05) is 29.9 Å². The third-order valence-corrected chi connectivity index (χ3v) is 10.0. The molecule has 1 atom stereocenters. The van der Waals surface area contributed by atoms with Crippen molar-refractivity contribution in [1.82, 2.24) is 4.72 Å². The molecule has 1 unspecified atom stereocenters. The molecule has 4 aromatic rings. The van der Waals surface area contributed by atoms with E-state index in [1.807, 2.05) is 97.1 Å². The fourth-order valence-corrected chi connectivity index (χ4v) is 7.12. The molecule has 2 aliphatic rings. The number of piperidine rings is 1. The average Bonchev–Trinajstić information content (AvgIpc) is 3.12. The highest BCUT2D eigenvalue weighted by Crippen LogP contribution is 2.25. The van der Waals surface area contributed by atoms with Crippen LogP contribution in [-0.4, -0.2) is 52.1 Å². The third kappa shape index (κ3) is 8.85. The standard InChI is InChI=1S/C37H40N4O5S/c42-37(35(27-28-9-3-1-4-10-28)39-46-36-13-7-8-26-45-36)38-31-16-18-33(19-17-31)41-24-22-32(23-25-41)40-47(43,44)34-20-14-30(15-21-34)29-11-5-2-6-12-29/h1-6,9-12,14-21,32,36,40H,7-8,13,22-27H2,(H,38,42). The number of hydrogen-bond acceptors (Lipinski definition) is 7. The van der Waals surface area contributed by atoms with Crippen LogP contribution in [0.4, 0.5) is 11.4 Å². The largest absolute Gasteiger partial charge is 0.371 e. The molecule has 9 nitrogen and oxygen atoms in total. The third-order valence-electron chi connectivity index (χ3n) is 8.47. The van der Waals surface area contributed by atoms with Gasteiger partial charge < -0.3 is 19.8 Å². The predicted molar refractivity (Wildman–Crippen MR) is 185 cm³/mol. The number of benzene rings is 4. The van der Waals surface area contributed by atoms with Crippen molar-refractivity contribution >= 4 is 33.0 Å². The van der Waals surface area contributed by atoms with Crippen LogP contribution in [0, 0.1) is 0 Å². The number of anilines is 2. The van der Waals surface area contributed by atoms with E-state index in [0.29, 0.717) is 44.6 Å². The summed E-state index contributed by atoms with van der Waals surface area (Å²) in [7, 11) is -3.63. The molecule has 2 fully saturated rings. The first-order valence-corrected chi connectivity index (χ1v) is 17.6. The van der Waals surface area contributed by atoms with Crippen LogP contribution in [-0.2, 0) is 30.8 Å². The highest BCUT2D eigenvalue weighted by Gasteiger charge is 2.25. The lowest BCUT2D eigenvalue weighted by Crippen LogP contribution is -2.44. The van der Waals surface area contributed by atoms with E-state index >= 15 is 0 Å². The number of nitrogens with zero attached hydrogens (tertiary/aromatic N) is 2. The second kappa shape index (κ2) is 15.4. The maximum Gasteiger partial charge on any atom is 0.273 e. The van der Waals surface area contributed by atoms with Gasteiger partial charge in [0, 0.05) is 43.3 Å². The van der Waals surface area contributed by atoms with Crippen LogP contribution in [0.25, 0.3) is 11.1 Å². The van der Waals surface area contributed by atoms with Gasteiger partial charge in [-0.05, 0) is 78.8 Å². The van der Waals surface area contributed by atoms with Gasteiger partial charge in [0.25, 0.3) is 5.91 Å². The van der Waals surface area contributed by atoms with E-state index < -0.39 is 16.3 Å². The van der Waals surface area contributed by atoms with E-state index in [0.717, 1.165) is 41.6 Å². The van der Waals surface area contributed by atoms with Crippen molar-refractivity contribution in [2.24, 2.45) is 5.16 Å². The second-order valence-electron chi connectivity index (χ2n) is 11.9. The molecule has 0 aliphatic carbocycles. The Morgan fingerprint density at radius 2 is 1.47 bits per heavy atom. The second-order valence-corrected chi connectivity index (χ2v) is 13.6. The number of amides is 1. The minimum Gasteiger partial charge on any atom is -0.371 e. The summed E-state index contributed by atoms with van der Waals surface area (Å²) in [5.74, 6) is -0.333. The molecule has 10 heteroatoms. The normalized spacial score (nSPS) is 17.7. The lowest BCUT2D eigenvalue weighted by Gasteiger charge is -2.34. The molecule has 0 bridgehead atoms. The number of carbonyl (C=O) groups is 1. The smallest absolute Gasteiger partial charge is 0.273 e. The van der Waals surface area contributed by atoms with Crippen molar-refractivity contribution in [3.63, 3.8) is 0 Å². The van der Waals surface area contributed by atoms with Crippen molar-refractivity contribution in [3.05, 3.63) is 115 Å². The van der Waals surface area contributed by atoms with Crippen LogP contribution in [0.5, 0.6) is 0 Å². The molecular weight excluding hydrogens is 612 g/mol. The number of oxime groups is 1. The quantitative estimate of drug-likeness (QED) is 0.144. The van der Waals surface area contributed by atoms with E-state index in [9.17, 15) is 13.2 Å². The number of rotatable bonds is 11. The zero-order valence-electron chi connectivity index (χ0n) is 26.3. The highest BCUT2D eigenvalue weighted by molar-refractivity contribution is 7.89. The van der Waals surface area contributed by atoms with Crippen molar-refractivity contribution in [3.8, 4) is 11.1 Å². The van der Waals surface area contributed by atoms with Gasteiger partial charge in [0.15, 0.2) is 0 Å². The number of nitrogens with one attached hydrogen (secondary N) is 2. The van der Waals surface area contributed by atoms with Gasteiger partial charge in [0.05, 0.1) is 11.5 Å². The van der Waals surface area contributed by atoms with Crippen LogP contribution >= 0.6 is 0 Å². The number of ether oxygens (including phenoxy) is 1. The average molecular weight is 653 g/mol. The van der Waals surface area contributed by atoms with Crippen LogP contribution in [0.2, 0.25) is 0 Å². The van der Waals surface area contributed by atoms with Gasteiger partial charge in [-0.1, -0.05) is 78.0 Å². The zero-order valence-corrected chi connectivity index (χ0v) is 27.1. The maximum atomic E-state index is 13.3. The van der Waals surface area contributed by atoms with Crippen LogP contribution in [0.1, 0.15) is 37.7 Å². The van der Waals surface area contributed by atoms with Gasteiger partial charge in [-0.15, -0.1) is 0 Å². The van der Waals surface area contributed by atoms with Crippen molar-refractivity contribution < 1.29 is 22.8 Å². The Labute approximate surface area is 276 Å². The summed E-state index contributed by atoms with van der Waals surface area (Å²) in [6.45, 7) is 2.05. The number of sulfonamides is 1. The SMILES string of the molecule is O=C(Nc1ccc(N2CCC(NS(=O)(=O)c3ccc(-c4ccccc4)cc3)CC2)cc1)C(Cc1ccccc1)=NOC1CCCCO1. The van der Waals surface area contributed by atoms with Crippen LogP contribution in [0.3, 0.4) is 0 Å². The van der Waals surface area contributed by atoms with Crippen molar-refractivity contribution in [2.45, 2.75) is 55.8 Å². The van der Waals surface area contributed by atoms with Gasteiger partial charge in [-0.2, -0.15) is 0 Å². The molecule has 0 spiro atoms. The number of carbonyl (C=O) groups excluding carboxylic acids is 1. The molecule has 0 saturated carbocycles. The van der Waals surface area contributed by atoms with Gasteiger partial charge in [-0.25, -0.2) is 13.1 Å². The Morgan fingerprint density at radius 3 is 2.13 bits per heavy atom. The molecule has 1 amide bonds. The molecule has 0 aromatic heterocycles. The lowest BCUT2D eigenvalue weighted by molar-refractivity contribution is -0.162. The Kier molecular flexibility index (Phi) is 10.6. The molecule has 2 N–H and O–H groups in total. The van der Waals surface area contributed by atoms with Gasteiger partial charge in [-0.3, -0.25) is 4.79 Å². The van der Waals surface area contributed by atoms with Crippen LogP contribution in [0.15, 0.2) is 119 Å². The summed E-state index contributed by atoms with van der Waals surface area (Å²) in [6, 6.07) is 34.1. The summed E-state index contributed by atoms with van der Waals surface area (Å²) < 4.78 is 34.7. The summed E-state index contributed by atoms with van der Waals surface area (Å²) in [5, 5.41) is 7.18. The molecule has 2 aliphatic heterocycles. The first-order valence-electron chi connectivity index (χ1n) is 16.2. The Morgan fingerprint density at radius 1 is 0.809 bits per heavy atom. The summed E-state index contributed by atoms with van der Waals surface area (Å²) in [5.41, 5.74) is 4.90. The Hall–Kier alpha value is -4.51. The topological polar surface area (TPSA) is 109 Å². The number of hydrogen-bond donors (Lipinski definition) is 2. The Balaban J connectivity index is 1.02. The van der Waals surface area contributed by atoms with E-state index in [2.05, 4.69) is 20.1 Å². The maximum absolute atomic E-state index is 13.3. The molecular formula is C37H40N4O5S. The first-order chi connectivity index (χ1) is 22.9. The molecule has 47 heavy (non-hydrogen) atoms.